The summed E-state index contributed by atoms with van der Waals surface area (Å²) in [5.41, 5.74) is 1.04. The standard InChI is InChI=1S/C10H17N/c1-6-9(2)11-8-7-10(3,4)5/h6,8H,1-2,7H2,3-5H3. The van der Waals surface area contributed by atoms with Crippen LogP contribution in [-0.4, -0.2) is 6.21 Å². The van der Waals surface area contributed by atoms with Gasteiger partial charge in [0.15, 0.2) is 0 Å². The molecule has 0 amide bonds. The lowest BCUT2D eigenvalue weighted by Crippen LogP contribution is -2.04. The zero-order valence-electron chi connectivity index (χ0n) is 7.72. The maximum absolute atomic E-state index is 4.09. The zero-order valence-corrected chi connectivity index (χ0v) is 7.72. The lowest BCUT2D eigenvalue weighted by atomic mass is 9.93. The average molecular weight is 151 g/mol. The second-order valence-corrected chi connectivity index (χ2v) is 3.77. The molecule has 0 heterocycles. The zero-order chi connectivity index (χ0) is 8.91. The predicted octanol–water partition coefficient (Wildman–Crippen LogP) is 3.19. The molecule has 0 bridgehead atoms. The highest BCUT2D eigenvalue weighted by atomic mass is 14.7. The lowest BCUT2D eigenvalue weighted by molar-refractivity contribution is 0.437. The number of aliphatic imine (C=N–C) groups is 1. The number of rotatable bonds is 3. The molecule has 0 aliphatic rings. The van der Waals surface area contributed by atoms with Crippen molar-refractivity contribution in [2.24, 2.45) is 10.4 Å². The van der Waals surface area contributed by atoms with E-state index in [1.165, 1.54) is 0 Å². The Morgan fingerprint density at radius 2 is 2.00 bits per heavy atom. The second-order valence-electron chi connectivity index (χ2n) is 3.77. The smallest absolute Gasteiger partial charge is 0.0548 e. The van der Waals surface area contributed by atoms with E-state index in [0.29, 0.717) is 5.41 Å². The number of hydrogen-bond donors (Lipinski definition) is 0. The molecule has 0 aliphatic heterocycles. The van der Waals surface area contributed by atoms with E-state index in [4.69, 9.17) is 0 Å². The monoisotopic (exact) mass is 151 g/mol. The van der Waals surface area contributed by atoms with Gasteiger partial charge in [-0.25, -0.2) is 0 Å². The molecule has 11 heavy (non-hydrogen) atoms. The van der Waals surface area contributed by atoms with Gasteiger partial charge in [-0.15, -0.1) is 0 Å². The maximum atomic E-state index is 4.09. The van der Waals surface area contributed by atoms with E-state index in [9.17, 15) is 0 Å². The average Bonchev–Trinajstić information content (AvgIpc) is 1.85. The van der Waals surface area contributed by atoms with Crippen LogP contribution in [0, 0.1) is 5.41 Å². The molecule has 1 heteroatoms. The molecule has 0 radical (unpaired) electrons. The summed E-state index contributed by atoms with van der Waals surface area (Å²) in [5, 5.41) is 0. The Morgan fingerprint density at radius 3 is 2.36 bits per heavy atom. The van der Waals surface area contributed by atoms with Gasteiger partial charge in [-0.05, 0) is 17.9 Å². The van der Waals surface area contributed by atoms with Crippen molar-refractivity contribution >= 4 is 6.21 Å². The van der Waals surface area contributed by atoms with E-state index in [-0.39, 0.29) is 0 Å². The highest BCUT2D eigenvalue weighted by molar-refractivity contribution is 5.60. The summed E-state index contributed by atoms with van der Waals surface area (Å²) in [6.07, 6.45) is 4.52. The molecule has 0 aromatic heterocycles. The fourth-order valence-electron chi connectivity index (χ4n) is 0.489. The summed E-state index contributed by atoms with van der Waals surface area (Å²) in [6.45, 7) is 13.8. The molecular formula is C10H17N. The minimum Gasteiger partial charge on any atom is -0.262 e. The Balaban J connectivity index is 3.78. The van der Waals surface area contributed by atoms with Crippen molar-refractivity contribution < 1.29 is 0 Å². The van der Waals surface area contributed by atoms with E-state index >= 15 is 0 Å². The topological polar surface area (TPSA) is 12.4 Å². The highest BCUT2D eigenvalue weighted by Gasteiger charge is 2.06. The summed E-state index contributed by atoms with van der Waals surface area (Å²) in [6, 6.07) is 0. The van der Waals surface area contributed by atoms with Crippen LogP contribution < -0.4 is 0 Å². The first kappa shape index (κ1) is 10.2. The van der Waals surface area contributed by atoms with Crippen molar-refractivity contribution in [2.75, 3.05) is 0 Å². The molecule has 0 aromatic carbocycles. The molecule has 0 saturated heterocycles. The molecule has 62 valence electrons. The normalized spacial score (nSPS) is 11.9. The lowest BCUT2D eigenvalue weighted by Gasteiger charge is -2.13. The summed E-state index contributed by atoms with van der Waals surface area (Å²) < 4.78 is 0. The molecule has 0 aromatic rings. The molecular weight excluding hydrogens is 134 g/mol. The number of allylic oxidation sites excluding steroid dienone is 1. The Hall–Kier alpha value is -0.850. The molecule has 0 unspecified atom stereocenters. The van der Waals surface area contributed by atoms with Crippen LogP contribution in [-0.2, 0) is 0 Å². The fourth-order valence-corrected chi connectivity index (χ4v) is 0.489. The second kappa shape index (κ2) is 4.12. The van der Waals surface area contributed by atoms with Gasteiger partial charge in [-0.1, -0.05) is 33.9 Å². The first-order valence-electron chi connectivity index (χ1n) is 3.79. The van der Waals surface area contributed by atoms with Gasteiger partial charge in [0, 0.05) is 6.21 Å². The third-order valence-electron chi connectivity index (χ3n) is 1.20. The van der Waals surface area contributed by atoms with E-state index < -0.39 is 0 Å². The Morgan fingerprint density at radius 1 is 1.45 bits per heavy atom. The van der Waals surface area contributed by atoms with Gasteiger partial charge >= 0.3 is 0 Å². The molecule has 1 nitrogen and oxygen atoms in total. The third kappa shape index (κ3) is 7.04. The van der Waals surface area contributed by atoms with Crippen LogP contribution in [0.25, 0.3) is 0 Å². The summed E-state index contributed by atoms with van der Waals surface area (Å²) in [5.74, 6) is 0. The fraction of sp³-hybridized carbons (Fsp3) is 0.500. The van der Waals surface area contributed by atoms with Crippen LogP contribution in [0.1, 0.15) is 27.2 Å². The van der Waals surface area contributed by atoms with Crippen molar-refractivity contribution in [3.63, 3.8) is 0 Å². The molecule has 0 N–H and O–H groups in total. The minimum absolute atomic E-state index is 0.310. The minimum atomic E-state index is 0.310. The Labute approximate surface area is 69.5 Å². The van der Waals surface area contributed by atoms with Crippen molar-refractivity contribution in [1.29, 1.82) is 0 Å². The largest absolute Gasteiger partial charge is 0.262 e. The van der Waals surface area contributed by atoms with E-state index in [1.54, 1.807) is 6.08 Å². The van der Waals surface area contributed by atoms with Crippen LogP contribution in [0.15, 0.2) is 29.9 Å². The van der Waals surface area contributed by atoms with Gasteiger partial charge in [0.25, 0.3) is 0 Å². The van der Waals surface area contributed by atoms with E-state index in [2.05, 4.69) is 38.9 Å². The Bertz CT molecular complexity index is 170. The maximum Gasteiger partial charge on any atom is 0.0548 e. The van der Waals surface area contributed by atoms with Crippen molar-refractivity contribution in [2.45, 2.75) is 27.2 Å². The van der Waals surface area contributed by atoms with E-state index in [0.717, 1.165) is 12.1 Å². The van der Waals surface area contributed by atoms with Crippen molar-refractivity contribution in [1.82, 2.24) is 0 Å². The number of nitrogens with zero attached hydrogens (tertiary/aromatic N) is 1. The summed E-state index contributed by atoms with van der Waals surface area (Å²) >= 11 is 0. The number of hydrogen-bond acceptors (Lipinski definition) is 1. The van der Waals surface area contributed by atoms with Crippen LogP contribution in [0.2, 0.25) is 0 Å². The molecule has 0 atom stereocenters. The van der Waals surface area contributed by atoms with Gasteiger partial charge in [-0.3, -0.25) is 4.99 Å². The van der Waals surface area contributed by atoms with Gasteiger partial charge < -0.3 is 0 Å². The summed E-state index contributed by atoms with van der Waals surface area (Å²) in [4.78, 5) is 4.09. The van der Waals surface area contributed by atoms with Crippen LogP contribution >= 0.6 is 0 Å². The highest BCUT2D eigenvalue weighted by Crippen LogP contribution is 2.16. The Kier molecular flexibility index (Phi) is 3.80. The molecule has 0 aliphatic carbocycles. The van der Waals surface area contributed by atoms with Crippen molar-refractivity contribution in [3.05, 3.63) is 24.9 Å². The SMILES string of the molecule is C=CC(=C)N=CCC(C)(C)C. The van der Waals surface area contributed by atoms with Gasteiger partial charge in [-0.2, -0.15) is 0 Å². The molecule has 0 saturated carbocycles. The van der Waals surface area contributed by atoms with Crippen molar-refractivity contribution in [3.8, 4) is 0 Å². The molecule has 0 spiro atoms. The van der Waals surface area contributed by atoms with Crippen LogP contribution in [0.5, 0.6) is 0 Å². The first-order chi connectivity index (χ1) is 4.95. The van der Waals surface area contributed by atoms with E-state index in [1.807, 2.05) is 6.21 Å². The van der Waals surface area contributed by atoms with Crippen LogP contribution in [0.4, 0.5) is 0 Å². The van der Waals surface area contributed by atoms with Crippen LogP contribution in [0.3, 0.4) is 0 Å². The third-order valence-corrected chi connectivity index (χ3v) is 1.20. The quantitative estimate of drug-likeness (QED) is 0.434. The first-order valence-corrected chi connectivity index (χ1v) is 3.79. The van der Waals surface area contributed by atoms with Gasteiger partial charge in [0.2, 0.25) is 0 Å². The molecule has 0 rings (SSSR count). The van der Waals surface area contributed by atoms with Gasteiger partial charge in [0.05, 0.1) is 5.70 Å². The van der Waals surface area contributed by atoms with Gasteiger partial charge in [0.1, 0.15) is 0 Å². The predicted molar refractivity (Wildman–Crippen MR) is 51.9 cm³/mol. The molecule has 0 fully saturated rings. The summed E-state index contributed by atoms with van der Waals surface area (Å²) in [7, 11) is 0.